The standard InChI is InChI=1S/C36H47N5O6/c1-25-22-41(26(2)24-42)34(43)31-21-30(38-35(44)37-28-14-7-5-8-15-28)18-19-32(31)47-27(3)13-11-12-20-46-33(25)23-40(4)36(45)39-29-16-9-6-10-17-29/h5-10,14-19,21,25-27,33,42H,11-13,20,22-24H2,1-4H3,(H,39,45)(H2,37,38,44)/t25-,26-,27-,33-/m1/s1. The van der Waals surface area contributed by atoms with Crippen molar-refractivity contribution in [1.82, 2.24) is 9.80 Å². The zero-order chi connectivity index (χ0) is 33.8. The first kappa shape index (κ1) is 35.2. The van der Waals surface area contributed by atoms with Crippen molar-refractivity contribution in [3.8, 4) is 5.75 Å². The number of amides is 5. The van der Waals surface area contributed by atoms with E-state index in [9.17, 15) is 19.5 Å². The van der Waals surface area contributed by atoms with Gasteiger partial charge in [0.2, 0.25) is 0 Å². The van der Waals surface area contributed by atoms with Crippen molar-refractivity contribution in [2.24, 2.45) is 5.92 Å². The smallest absolute Gasteiger partial charge is 0.323 e. The van der Waals surface area contributed by atoms with Gasteiger partial charge in [-0.05, 0) is 75.6 Å². The van der Waals surface area contributed by atoms with Gasteiger partial charge in [0, 0.05) is 49.7 Å². The monoisotopic (exact) mass is 645 g/mol. The van der Waals surface area contributed by atoms with Crippen LogP contribution in [0.3, 0.4) is 0 Å². The van der Waals surface area contributed by atoms with Crippen LogP contribution in [0.2, 0.25) is 0 Å². The molecule has 3 aromatic carbocycles. The van der Waals surface area contributed by atoms with Crippen molar-refractivity contribution < 1.29 is 29.0 Å². The molecule has 0 unspecified atom stereocenters. The highest BCUT2D eigenvalue weighted by Gasteiger charge is 2.31. The average molecular weight is 646 g/mol. The summed E-state index contributed by atoms with van der Waals surface area (Å²) in [5.41, 5.74) is 2.02. The van der Waals surface area contributed by atoms with Gasteiger partial charge in [0.25, 0.3) is 5.91 Å². The SMILES string of the molecule is C[C@@H]1CCCCO[C@H](CN(C)C(=O)Nc2ccccc2)[C@H](C)CN([C@H](C)CO)C(=O)c2cc(NC(=O)Nc3ccccc3)ccc2O1. The van der Waals surface area contributed by atoms with Gasteiger partial charge in [0.05, 0.1) is 30.4 Å². The number of nitrogens with one attached hydrogen (secondary N) is 3. The molecule has 0 aliphatic carbocycles. The van der Waals surface area contributed by atoms with E-state index in [0.29, 0.717) is 36.0 Å². The fourth-order valence-corrected chi connectivity index (χ4v) is 5.37. The number of nitrogens with zero attached hydrogens (tertiary/aromatic N) is 2. The van der Waals surface area contributed by atoms with E-state index in [4.69, 9.17) is 9.47 Å². The van der Waals surface area contributed by atoms with Crippen LogP contribution in [0.15, 0.2) is 78.9 Å². The summed E-state index contributed by atoms with van der Waals surface area (Å²) in [4.78, 5) is 43.3. The Balaban J connectivity index is 1.58. The number of urea groups is 2. The summed E-state index contributed by atoms with van der Waals surface area (Å²) in [6, 6.07) is 22.1. The van der Waals surface area contributed by atoms with Gasteiger partial charge in [-0.3, -0.25) is 4.79 Å². The maximum Gasteiger partial charge on any atom is 0.323 e. The molecule has 1 aliphatic rings. The van der Waals surface area contributed by atoms with Crippen molar-refractivity contribution in [1.29, 1.82) is 0 Å². The number of aliphatic hydroxyl groups excluding tert-OH is 1. The maximum absolute atomic E-state index is 14.3. The predicted molar refractivity (Wildman–Crippen MR) is 184 cm³/mol. The third-order valence-corrected chi connectivity index (χ3v) is 8.17. The Morgan fingerprint density at radius 1 is 0.936 bits per heavy atom. The highest BCUT2D eigenvalue weighted by atomic mass is 16.5. The highest BCUT2D eigenvalue weighted by molar-refractivity contribution is 6.02. The van der Waals surface area contributed by atoms with Crippen LogP contribution in [0.1, 0.15) is 50.4 Å². The molecule has 47 heavy (non-hydrogen) atoms. The Labute approximate surface area is 277 Å². The van der Waals surface area contributed by atoms with Crippen LogP contribution in [-0.4, -0.2) is 84.5 Å². The molecule has 4 rings (SSSR count). The van der Waals surface area contributed by atoms with E-state index in [-0.39, 0.29) is 48.8 Å². The first-order valence-electron chi connectivity index (χ1n) is 16.2. The molecule has 0 radical (unpaired) electrons. The molecule has 0 spiro atoms. The van der Waals surface area contributed by atoms with Crippen molar-refractivity contribution in [3.63, 3.8) is 0 Å². The first-order valence-corrected chi connectivity index (χ1v) is 16.2. The van der Waals surface area contributed by atoms with Crippen LogP contribution in [0.25, 0.3) is 0 Å². The van der Waals surface area contributed by atoms with Gasteiger partial charge in [0.15, 0.2) is 0 Å². The minimum absolute atomic E-state index is 0.184. The Hall–Kier alpha value is -4.61. The summed E-state index contributed by atoms with van der Waals surface area (Å²) < 4.78 is 12.6. The van der Waals surface area contributed by atoms with Crippen LogP contribution in [0, 0.1) is 5.92 Å². The number of benzene rings is 3. The number of carbonyl (C=O) groups excluding carboxylic acids is 3. The van der Waals surface area contributed by atoms with E-state index in [1.807, 2.05) is 62.4 Å². The number of anilines is 3. The number of hydrogen-bond donors (Lipinski definition) is 4. The van der Waals surface area contributed by atoms with Crippen LogP contribution in [0.4, 0.5) is 26.7 Å². The predicted octanol–water partition coefficient (Wildman–Crippen LogP) is 6.29. The van der Waals surface area contributed by atoms with E-state index in [1.54, 1.807) is 54.1 Å². The zero-order valence-electron chi connectivity index (χ0n) is 27.6. The molecular formula is C36H47N5O6. The number of carbonyl (C=O) groups is 3. The van der Waals surface area contributed by atoms with Gasteiger partial charge in [-0.2, -0.15) is 0 Å². The third kappa shape index (κ3) is 10.5. The molecule has 0 fully saturated rings. The van der Waals surface area contributed by atoms with E-state index in [1.165, 1.54) is 0 Å². The molecule has 5 amide bonds. The molecule has 0 saturated carbocycles. The summed E-state index contributed by atoms with van der Waals surface area (Å²) in [6.45, 7) is 6.51. The van der Waals surface area contributed by atoms with E-state index < -0.39 is 12.1 Å². The molecule has 252 valence electrons. The Morgan fingerprint density at radius 2 is 1.57 bits per heavy atom. The topological polar surface area (TPSA) is 132 Å². The lowest BCUT2D eigenvalue weighted by Gasteiger charge is -2.35. The Kier molecular flexibility index (Phi) is 13.0. The van der Waals surface area contributed by atoms with Crippen LogP contribution < -0.4 is 20.7 Å². The molecule has 4 atom stereocenters. The summed E-state index contributed by atoms with van der Waals surface area (Å²) >= 11 is 0. The maximum atomic E-state index is 14.3. The zero-order valence-corrected chi connectivity index (χ0v) is 27.6. The fourth-order valence-electron chi connectivity index (χ4n) is 5.37. The van der Waals surface area contributed by atoms with Crippen LogP contribution in [0.5, 0.6) is 5.75 Å². The van der Waals surface area contributed by atoms with Crippen molar-refractivity contribution in [3.05, 3.63) is 84.4 Å². The molecule has 1 heterocycles. The molecule has 11 nitrogen and oxygen atoms in total. The summed E-state index contributed by atoms with van der Waals surface area (Å²) in [5, 5.41) is 18.7. The average Bonchev–Trinajstić information content (AvgIpc) is 3.06. The third-order valence-electron chi connectivity index (χ3n) is 8.17. The van der Waals surface area contributed by atoms with Crippen molar-refractivity contribution in [2.75, 3.05) is 49.3 Å². The summed E-state index contributed by atoms with van der Waals surface area (Å²) in [6.07, 6.45) is 1.83. The van der Waals surface area contributed by atoms with Gasteiger partial charge in [-0.1, -0.05) is 43.3 Å². The lowest BCUT2D eigenvalue weighted by atomic mass is 10.0. The number of fused-ring (bicyclic) bond motifs is 1. The Morgan fingerprint density at radius 3 is 2.23 bits per heavy atom. The van der Waals surface area contributed by atoms with Gasteiger partial charge in [0.1, 0.15) is 5.75 Å². The van der Waals surface area contributed by atoms with Gasteiger partial charge in [-0.25, -0.2) is 9.59 Å². The quantitative estimate of drug-likeness (QED) is 0.239. The molecule has 4 N–H and O–H groups in total. The van der Waals surface area contributed by atoms with Gasteiger partial charge < -0.3 is 40.3 Å². The number of aliphatic hydroxyl groups is 1. The molecule has 0 saturated heterocycles. The molecule has 1 aliphatic heterocycles. The number of ether oxygens (including phenoxy) is 2. The molecule has 0 bridgehead atoms. The number of likely N-dealkylation sites (N-methyl/N-ethyl adjacent to an activating group) is 1. The number of hydrogen-bond acceptors (Lipinski definition) is 6. The Bertz CT molecular complexity index is 1460. The van der Waals surface area contributed by atoms with Crippen LogP contribution in [-0.2, 0) is 4.74 Å². The van der Waals surface area contributed by atoms with E-state index in [0.717, 1.165) is 19.3 Å². The number of rotatable bonds is 7. The molecule has 11 heteroatoms. The van der Waals surface area contributed by atoms with Crippen molar-refractivity contribution in [2.45, 2.75) is 58.3 Å². The second kappa shape index (κ2) is 17.3. The molecule has 3 aromatic rings. The lowest BCUT2D eigenvalue weighted by Crippen LogP contribution is -2.48. The normalized spacial score (nSPS) is 19.7. The second-order valence-corrected chi connectivity index (χ2v) is 12.1. The largest absolute Gasteiger partial charge is 0.490 e. The summed E-state index contributed by atoms with van der Waals surface area (Å²) in [7, 11) is 1.72. The minimum atomic E-state index is -0.527. The number of para-hydroxylation sites is 2. The summed E-state index contributed by atoms with van der Waals surface area (Å²) in [5.74, 6) is -0.149. The highest BCUT2D eigenvalue weighted by Crippen LogP contribution is 2.29. The minimum Gasteiger partial charge on any atom is -0.490 e. The van der Waals surface area contributed by atoms with Crippen LogP contribution >= 0.6 is 0 Å². The first-order chi connectivity index (χ1) is 22.6. The van der Waals surface area contributed by atoms with E-state index in [2.05, 4.69) is 16.0 Å². The van der Waals surface area contributed by atoms with Gasteiger partial charge >= 0.3 is 12.1 Å². The molecule has 0 aromatic heterocycles. The lowest BCUT2D eigenvalue weighted by molar-refractivity contribution is -0.0115. The van der Waals surface area contributed by atoms with E-state index >= 15 is 0 Å². The van der Waals surface area contributed by atoms with Gasteiger partial charge in [-0.15, -0.1) is 0 Å². The fraction of sp³-hybridized carbons (Fsp3) is 0.417. The van der Waals surface area contributed by atoms with Crippen molar-refractivity contribution >= 4 is 35.0 Å². The second-order valence-electron chi connectivity index (χ2n) is 12.1. The molecular weight excluding hydrogens is 598 g/mol.